The van der Waals surface area contributed by atoms with Crippen molar-refractivity contribution in [2.75, 3.05) is 4.72 Å². The Morgan fingerprint density at radius 1 is 1.09 bits per heavy atom. The van der Waals surface area contributed by atoms with E-state index in [1.165, 1.54) is 6.07 Å². The third kappa shape index (κ3) is 4.01. The smallest absolute Gasteiger partial charge is 0.280 e. The first kappa shape index (κ1) is 16.8. The predicted molar refractivity (Wildman–Crippen MR) is 81.1 cm³/mol. The summed E-state index contributed by atoms with van der Waals surface area (Å²) in [6, 6.07) is 9.07. The van der Waals surface area contributed by atoms with Gasteiger partial charge in [-0.05, 0) is 42.8 Å². The second kappa shape index (κ2) is 5.92. The van der Waals surface area contributed by atoms with Gasteiger partial charge in [0.05, 0.1) is 10.5 Å². The van der Waals surface area contributed by atoms with Crippen LogP contribution in [0.15, 0.2) is 51.8 Å². The van der Waals surface area contributed by atoms with E-state index in [1.807, 2.05) is 0 Å². The number of hydrogen-bond acceptors (Lipinski definition) is 2. The van der Waals surface area contributed by atoms with Crippen molar-refractivity contribution in [1.82, 2.24) is 0 Å². The quantitative estimate of drug-likeness (QED) is 0.829. The van der Waals surface area contributed by atoms with E-state index >= 15 is 0 Å². The lowest BCUT2D eigenvalue weighted by molar-refractivity contribution is -0.137. The first-order valence-electron chi connectivity index (χ1n) is 6.05. The van der Waals surface area contributed by atoms with Crippen molar-refractivity contribution in [3.63, 3.8) is 0 Å². The molecule has 1 N–H and O–H groups in total. The SMILES string of the molecule is Cc1cccc(NS(=O)(=O)c2cc(Br)cc(C(F)(F)F)c2)c1. The third-order valence-electron chi connectivity index (χ3n) is 2.78. The summed E-state index contributed by atoms with van der Waals surface area (Å²) in [5, 5.41) is 0. The molecular weight excluding hydrogens is 383 g/mol. The topological polar surface area (TPSA) is 46.2 Å². The van der Waals surface area contributed by atoms with Crippen molar-refractivity contribution in [2.24, 2.45) is 0 Å². The van der Waals surface area contributed by atoms with Crippen molar-refractivity contribution in [1.29, 1.82) is 0 Å². The molecule has 22 heavy (non-hydrogen) atoms. The molecule has 0 amide bonds. The zero-order valence-corrected chi connectivity index (χ0v) is 13.7. The summed E-state index contributed by atoms with van der Waals surface area (Å²) >= 11 is 2.90. The zero-order chi connectivity index (χ0) is 16.5. The molecule has 0 bridgehead atoms. The molecule has 0 saturated heterocycles. The van der Waals surface area contributed by atoms with Crippen LogP contribution < -0.4 is 4.72 Å². The van der Waals surface area contributed by atoms with Crippen LogP contribution in [-0.4, -0.2) is 8.42 Å². The van der Waals surface area contributed by atoms with Crippen molar-refractivity contribution in [3.8, 4) is 0 Å². The number of nitrogens with one attached hydrogen (secondary N) is 1. The Labute approximate surface area is 134 Å². The predicted octanol–water partition coefficient (Wildman–Crippen LogP) is 4.58. The van der Waals surface area contributed by atoms with E-state index in [4.69, 9.17) is 0 Å². The van der Waals surface area contributed by atoms with Crippen LogP contribution in [0.4, 0.5) is 18.9 Å². The summed E-state index contributed by atoms with van der Waals surface area (Å²) in [4.78, 5) is -0.462. The number of aryl methyl sites for hydroxylation is 1. The van der Waals surface area contributed by atoms with E-state index in [-0.39, 0.29) is 10.2 Å². The standard InChI is InChI=1S/C14H11BrF3NO2S/c1-9-3-2-4-12(5-9)19-22(20,21)13-7-10(14(16,17)18)6-11(15)8-13/h2-8,19H,1H3. The first-order chi connectivity index (χ1) is 10.1. The minimum absolute atomic E-state index is 0.0342. The highest BCUT2D eigenvalue weighted by atomic mass is 79.9. The van der Waals surface area contributed by atoms with Gasteiger partial charge in [0.1, 0.15) is 0 Å². The van der Waals surface area contributed by atoms with Crippen LogP contribution in [0.25, 0.3) is 0 Å². The lowest BCUT2D eigenvalue weighted by Crippen LogP contribution is -2.15. The second-order valence-electron chi connectivity index (χ2n) is 4.65. The van der Waals surface area contributed by atoms with Crippen molar-refractivity contribution in [2.45, 2.75) is 18.0 Å². The summed E-state index contributed by atoms with van der Waals surface area (Å²) in [6.07, 6.45) is -4.63. The summed E-state index contributed by atoms with van der Waals surface area (Å²) in [5.74, 6) is 0. The fourth-order valence-corrected chi connectivity index (χ4v) is 3.57. The van der Waals surface area contributed by atoms with Crippen LogP contribution >= 0.6 is 15.9 Å². The molecule has 2 aromatic carbocycles. The molecule has 0 atom stereocenters. The monoisotopic (exact) mass is 393 g/mol. The number of sulfonamides is 1. The lowest BCUT2D eigenvalue weighted by Gasteiger charge is -2.12. The third-order valence-corrected chi connectivity index (χ3v) is 4.60. The molecule has 0 aliphatic heterocycles. The number of halogens is 4. The Morgan fingerprint density at radius 2 is 1.77 bits per heavy atom. The fourth-order valence-electron chi connectivity index (χ4n) is 1.80. The summed E-state index contributed by atoms with van der Waals surface area (Å²) in [7, 11) is -4.12. The number of anilines is 1. The van der Waals surface area contributed by atoms with Gasteiger partial charge in [0.2, 0.25) is 0 Å². The Bertz CT molecular complexity index is 804. The second-order valence-corrected chi connectivity index (χ2v) is 7.25. The van der Waals surface area contributed by atoms with E-state index in [9.17, 15) is 21.6 Å². The van der Waals surface area contributed by atoms with Gasteiger partial charge in [0.25, 0.3) is 10.0 Å². The zero-order valence-electron chi connectivity index (χ0n) is 11.3. The first-order valence-corrected chi connectivity index (χ1v) is 8.33. The molecule has 2 rings (SSSR count). The molecular formula is C14H11BrF3NO2S. The number of rotatable bonds is 3. The molecule has 8 heteroatoms. The van der Waals surface area contributed by atoms with Gasteiger partial charge >= 0.3 is 6.18 Å². The number of benzene rings is 2. The maximum Gasteiger partial charge on any atom is 0.416 e. The molecule has 0 spiro atoms. The molecule has 0 aliphatic rings. The Morgan fingerprint density at radius 3 is 2.36 bits per heavy atom. The van der Waals surface area contributed by atoms with Gasteiger partial charge in [-0.1, -0.05) is 28.1 Å². The van der Waals surface area contributed by atoms with E-state index in [1.54, 1.807) is 25.1 Å². The molecule has 0 aliphatic carbocycles. The van der Waals surface area contributed by atoms with Crippen LogP contribution in [0.2, 0.25) is 0 Å². The van der Waals surface area contributed by atoms with Crippen LogP contribution in [0, 0.1) is 6.92 Å². The molecule has 0 heterocycles. The Kier molecular flexibility index (Phi) is 4.53. The molecule has 118 valence electrons. The van der Waals surface area contributed by atoms with Crippen LogP contribution in [0.1, 0.15) is 11.1 Å². The average molecular weight is 394 g/mol. The maximum absolute atomic E-state index is 12.8. The molecule has 0 saturated carbocycles. The summed E-state index contributed by atoms with van der Waals surface area (Å²) < 4.78 is 65.1. The van der Waals surface area contributed by atoms with E-state index in [0.29, 0.717) is 6.07 Å². The van der Waals surface area contributed by atoms with Crippen molar-refractivity contribution in [3.05, 3.63) is 58.1 Å². The largest absolute Gasteiger partial charge is 0.416 e. The molecule has 2 aromatic rings. The van der Waals surface area contributed by atoms with Crippen molar-refractivity contribution < 1.29 is 21.6 Å². The maximum atomic E-state index is 12.8. The molecule has 0 unspecified atom stereocenters. The number of alkyl halides is 3. The average Bonchev–Trinajstić information content (AvgIpc) is 2.36. The van der Waals surface area contributed by atoms with Gasteiger partial charge in [0.15, 0.2) is 0 Å². The van der Waals surface area contributed by atoms with E-state index in [2.05, 4.69) is 20.7 Å². The molecule has 0 aromatic heterocycles. The van der Waals surface area contributed by atoms with Crippen LogP contribution in [0.3, 0.4) is 0 Å². The normalized spacial score (nSPS) is 12.2. The molecule has 0 fully saturated rings. The lowest BCUT2D eigenvalue weighted by atomic mass is 10.2. The summed E-state index contributed by atoms with van der Waals surface area (Å²) in [5.41, 5.74) is 0.0745. The number of hydrogen-bond donors (Lipinski definition) is 1. The summed E-state index contributed by atoms with van der Waals surface area (Å²) in [6.45, 7) is 1.78. The van der Waals surface area contributed by atoms with E-state index < -0.39 is 26.7 Å². The highest BCUT2D eigenvalue weighted by molar-refractivity contribution is 9.10. The van der Waals surface area contributed by atoms with Gasteiger partial charge in [-0.3, -0.25) is 4.72 Å². The van der Waals surface area contributed by atoms with Crippen LogP contribution in [0.5, 0.6) is 0 Å². The van der Waals surface area contributed by atoms with Crippen LogP contribution in [-0.2, 0) is 16.2 Å². The fraction of sp³-hybridized carbons (Fsp3) is 0.143. The van der Waals surface area contributed by atoms with E-state index in [0.717, 1.165) is 17.7 Å². The minimum atomic E-state index is -4.63. The van der Waals surface area contributed by atoms with Gasteiger partial charge in [-0.25, -0.2) is 8.42 Å². The highest BCUT2D eigenvalue weighted by Gasteiger charge is 2.32. The van der Waals surface area contributed by atoms with Gasteiger partial charge in [0, 0.05) is 10.2 Å². The van der Waals surface area contributed by atoms with Gasteiger partial charge in [-0.15, -0.1) is 0 Å². The Hall–Kier alpha value is -1.54. The Balaban J connectivity index is 2.43. The molecule has 0 radical (unpaired) electrons. The van der Waals surface area contributed by atoms with Gasteiger partial charge < -0.3 is 0 Å². The minimum Gasteiger partial charge on any atom is -0.280 e. The van der Waals surface area contributed by atoms with Gasteiger partial charge in [-0.2, -0.15) is 13.2 Å². The molecule has 3 nitrogen and oxygen atoms in total. The highest BCUT2D eigenvalue weighted by Crippen LogP contribution is 2.33. The van der Waals surface area contributed by atoms with Crippen molar-refractivity contribution >= 4 is 31.6 Å².